The van der Waals surface area contributed by atoms with E-state index in [9.17, 15) is 14.0 Å². The van der Waals surface area contributed by atoms with Crippen LogP contribution in [0.1, 0.15) is 36.7 Å². The molecule has 0 radical (unpaired) electrons. The third-order valence-corrected chi connectivity index (χ3v) is 4.36. The van der Waals surface area contributed by atoms with Crippen LogP contribution in [0.5, 0.6) is 5.75 Å². The van der Waals surface area contributed by atoms with E-state index in [1.165, 1.54) is 17.0 Å². The molecular formula is C22H27FN2O3. The highest BCUT2D eigenvalue weighted by atomic mass is 19.1. The smallest absolute Gasteiger partial charge is 0.251 e. The van der Waals surface area contributed by atoms with Crippen molar-refractivity contribution in [3.63, 3.8) is 0 Å². The second kappa shape index (κ2) is 9.88. The minimum atomic E-state index is -0.662. The maximum absolute atomic E-state index is 13.1. The van der Waals surface area contributed by atoms with E-state index in [4.69, 9.17) is 4.74 Å². The summed E-state index contributed by atoms with van der Waals surface area (Å²) in [5.41, 5.74) is 1.28. The summed E-state index contributed by atoms with van der Waals surface area (Å²) in [7, 11) is 1.67. The number of carbonyl (C=O) groups is 2. The first-order valence-electron chi connectivity index (χ1n) is 9.35. The van der Waals surface area contributed by atoms with Crippen LogP contribution in [0.15, 0.2) is 48.5 Å². The van der Waals surface area contributed by atoms with E-state index in [0.29, 0.717) is 24.5 Å². The summed E-state index contributed by atoms with van der Waals surface area (Å²) in [6.07, 6.45) is 0. The number of benzene rings is 2. The molecule has 0 aliphatic heterocycles. The Morgan fingerprint density at radius 3 is 2.21 bits per heavy atom. The number of ether oxygens (including phenoxy) is 1. The molecule has 0 aliphatic carbocycles. The quantitative estimate of drug-likeness (QED) is 0.754. The fourth-order valence-electron chi connectivity index (χ4n) is 2.79. The third kappa shape index (κ3) is 5.81. The van der Waals surface area contributed by atoms with Gasteiger partial charge in [-0.3, -0.25) is 9.59 Å². The van der Waals surface area contributed by atoms with Crippen LogP contribution in [0.25, 0.3) is 0 Å². The van der Waals surface area contributed by atoms with Crippen LogP contribution in [0.4, 0.5) is 4.39 Å². The van der Waals surface area contributed by atoms with Crippen molar-refractivity contribution in [1.29, 1.82) is 0 Å². The van der Waals surface area contributed by atoms with Gasteiger partial charge in [-0.1, -0.05) is 26.0 Å². The number of carbonyl (C=O) groups excluding carboxylic acids is 2. The largest absolute Gasteiger partial charge is 0.494 e. The molecule has 28 heavy (non-hydrogen) atoms. The molecule has 1 N–H and O–H groups in total. The van der Waals surface area contributed by atoms with E-state index < -0.39 is 6.04 Å². The maximum atomic E-state index is 13.1. The maximum Gasteiger partial charge on any atom is 0.251 e. The average Bonchev–Trinajstić information content (AvgIpc) is 2.67. The van der Waals surface area contributed by atoms with Gasteiger partial charge in [0, 0.05) is 19.2 Å². The van der Waals surface area contributed by atoms with Crippen molar-refractivity contribution in [2.45, 2.75) is 33.4 Å². The summed E-state index contributed by atoms with van der Waals surface area (Å²) >= 11 is 0. The third-order valence-electron chi connectivity index (χ3n) is 4.36. The van der Waals surface area contributed by atoms with Crippen molar-refractivity contribution in [2.75, 3.05) is 13.7 Å². The van der Waals surface area contributed by atoms with Gasteiger partial charge in [0.1, 0.15) is 17.6 Å². The Morgan fingerprint density at radius 1 is 1.07 bits per heavy atom. The van der Waals surface area contributed by atoms with Gasteiger partial charge in [-0.05, 0) is 54.8 Å². The first kappa shape index (κ1) is 21.4. The molecule has 2 rings (SSSR count). The van der Waals surface area contributed by atoms with Crippen LogP contribution in [-0.4, -0.2) is 36.4 Å². The number of hydrogen-bond acceptors (Lipinski definition) is 3. The summed E-state index contributed by atoms with van der Waals surface area (Å²) in [6.45, 7) is 6.54. The zero-order valence-corrected chi connectivity index (χ0v) is 16.7. The molecule has 0 saturated carbocycles. The zero-order chi connectivity index (χ0) is 20.7. The van der Waals surface area contributed by atoms with E-state index in [1.54, 1.807) is 43.4 Å². The second-order valence-electron chi connectivity index (χ2n) is 6.97. The molecule has 5 nitrogen and oxygen atoms in total. The van der Waals surface area contributed by atoms with Gasteiger partial charge in [0.25, 0.3) is 5.91 Å². The van der Waals surface area contributed by atoms with Crippen molar-refractivity contribution >= 4 is 11.8 Å². The van der Waals surface area contributed by atoms with Crippen LogP contribution >= 0.6 is 0 Å². The standard InChI is InChI=1S/C22H27FN2O3/c1-5-28-19-12-8-17(9-13-19)21(26)24-20(15(2)3)22(27)25(4)14-16-6-10-18(23)11-7-16/h6-13,15,20H,5,14H2,1-4H3,(H,24,26). The van der Waals surface area contributed by atoms with Crippen LogP contribution in [0.2, 0.25) is 0 Å². The van der Waals surface area contributed by atoms with Crippen LogP contribution < -0.4 is 10.1 Å². The molecule has 2 aromatic rings. The van der Waals surface area contributed by atoms with Crippen molar-refractivity contribution in [2.24, 2.45) is 5.92 Å². The minimum Gasteiger partial charge on any atom is -0.494 e. The molecule has 6 heteroatoms. The molecule has 0 aliphatic rings. The Hall–Kier alpha value is -2.89. The lowest BCUT2D eigenvalue weighted by Gasteiger charge is -2.27. The zero-order valence-electron chi connectivity index (χ0n) is 16.7. The van der Waals surface area contributed by atoms with Crippen molar-refractivity contribution in [3.05, 3.63) is 65.5 Å². The number of likely N-dealkylation sites (N-methyl/N-ethyl adjacent to an activating group) is 1. The van der Waals surface area contributed by atoms with Gasteiger partial charge < -0.3 is 15.0 Å². The van der Waals surface area contributed by atoms with E-state index in [-0.39, 0.29) is 23.5 Å². The van der Waals surface area contributed by atoms with Gasteiger partial charge in [0.05, 0.1) is 6.61 Å². The highest BCUT2D eigenvalue weighted by molar-refractivity contribution is 5.97. The van der Waals surface area contributed by atoms with Crippen molar-refractivity contribution in [3.8, 4) is 5.75 Å². The first-order chi connectivity index (χ1) is 13.3. The van der Waals surface area contributed by atoms with Gasteiger partial charge in [-0.2, -0.15) is 0 Å². The van der Waals surface area contributed by atoms with Gasteiger partial charge in [-0.25, -0.2) is 4.39 Å². The van der Waals surface area contributed by atoms with E-state index >= 15 is 0 Å². The Balaban J connectivity index is 2.05. The van der Waals surface area contributed by atoms with Crippen LogP contribution in [-0.2, 0) is 11.3 Å². The fourth-order valence-corrected chi connectivity index (χ4v) is 2.79. The highest BCUT2D eigenvalue weighted by Crippen LogP contribution is 2.14. The van der Waals surface area contributed by atoms with Gasteiger partial charge >= 0.3 is 0 Å². The molecular weight excluding hydrogens is 359 g/mol. The lowest BCUT2D eigenvalue weighted by molar-refractivity contribution is -0.133. The number of nitrogens with zero attached hydrogens (tertiary/aromatic N) is 1. The van der Waals surface area contributed by atoms with E-state index in [1.807, 2.05) is 20.8 Å². The highest BCUT2D eigenvalue weighted by Gasteiger charge is 2.27. The number of amides is 2. The number of halogens is 1. The molecule has 0 heterocycles. The second-order valence-corrected chi connectivity index (χ2v) is 6.97. The topological polar surface area (TPSA) is 58.6 Å². The number of hydrogen-bond donors (Lipinski definition) is 1. The molecule has 150 valence electrons. The minimum absolute atomic E-state index is 0.0881. The summed E-state index contributed by atoms with van der Waals surface area (Å²) < 4.78 is 18.4. The molecule has 0 fully saturated rings. The lowest BCUT2D eigenvalue weighted by atomic mass is 10.0. The van der Waals surface area contributed by atoms with Crippen molar-refractivity contribution in [1.82, 2.24) is 10.2 Å². The molecule has 2 aromatic carbocycles. The van der Waals surface area contributed by atoms with E-state index in [0.717, 1.165) is 5.56 Å². The van der Waals surface area contributed by atoms with Crippen LogP contribution in [0, 0.1) is 11.7 Å². The van der Waals surface area contributed by atoms with E-state index in [2.05, 4.69) is 5.32 Å². The Morgan fingerprint density at radius 2 is 1.68 bits per heavy atom. The molecule has 0 spiro atoms. The summed E-state index contributed by atoms with van der Waals surface area (Å²) in [5, 5.41) is 2.83. The lowest BCUT2D eigenvalue weighted by Crippen LogP contribution is -2.50. The first-order valence-corrected chi connectivity index (χ1v) is 9.35. The van der Waals surface area contributed by atoms with Crippen molar-refractivity contribution < 1.29 is 18.7 Å². The van der Waals surface area contributed by atoms with Gasteiger partial charge in [0.15, 0.2) is 0 Å². The van der Waals surface area contributed by atoms with Gasteiger partial charge in [-0.15, -0.1) is 0 Å². The molecule has 1 atom stereocenters. The predicted octanol–water partition coefficient (Wildman–Crippen LogP) is 3.64. The summed E-state index contributed by atoms with van der Waals surface area (Å²) in [4.78, 5) is 27.0. The molecule has 0 aromatic heterocycles. The fraction of sp³-hybridized carbons (Fsp3) is 0.364. The average molecular weight is 386 g/mol. The normalized spacial score (nSPS) is 11.8. The SMILES string of the molecule is CCOc1ccc(C(=O)NC(C(=O)N(C)Cc2ccc(F)cc2)C(C)C)cc1. The summed E-state index contributed by atoms with van der Waals surface area (Å²) in [5.74, 6) is -0.228. The number of nitrogens with one attached hydrogen (secondary N) is 1. The molecule has 1 unspecified atom stereocenters. The Kier molecular flexibility index (Phi) is 7.55. The predicted molar refractivity (Wildman–Crippen MR) is 107 cm³/mol. The van der Waals surface area contributed by atoms with Gasteiger partial charge in [0.2, 0.25) is 5.91 Å². The molecule has 0 bridgehead atoms. The summed E-state index contributed by atoms with van der Waals surface area (Å²) in [6, 6.07) is 12.1. The Labute approximate surface area is 165 Å². The molecule has 2 amide bonds. The Bertz CT molecular complexity index is 788. The van der Waals surface area contributed by atoms with Crippen LogP contribution in [0.3, 0.4) is 0 Å². The number of rotatable bonds is 8. The monoisotopic (exact) mass is 386 g/mol. The molecule has 0 saturated heterocycles.